The Morgan fingerprint density at radius 1 is 1.02 bits per heavy atom. The highest BCUT2D eigenvalue weighted by atomic mass is 35.5. The zero-order valence-electron chi connectivity index (χ0n) is 25.9. The van der Waals surface area contributed by atoms with E-state index in [0.717, 1.165) is 98.5 Å². The van der Waals surface area contributed by atoms with E-state index < -0.39 is 11.1 Å². The van der Waals surface area contributed by atoms with Gasteiger partial charge >= 0.3 is 0 Å². The summed E-state index contributed by atoms with van der Waals surface area (Å²) < 4.78 is 22.4. The summed E-state index contributed by atoms with van der Waals surface area (Å²) in [6.45, 7) is 10.8. The van der Waals surface area contributed by atoms with E-state index in [0.29, 0.717) is 30.2 Å². The molecule has 8 rings (SSSR count). The summed E-state index contributed by atoms with van der Waals surface area (Å²) in [5, 5.41) is 0.434. The summed E-state index contributed by atoms with van der Waals surface area (Å²) in [5.41, 5.74) is 3.87. The Bertz CT molecular complexity index is 1600. The molecule has 1 atom stereocenters. The number of carbonyl (C=O) groups is 1. The predicted octanol–water partition coefficient (Wildman–Crippen LogP) is 5.77. The van der Waals surface area contributed by atoms with E-state index in [1.807, 2.05) is 17.0 Å². The molecule has 0 bridgehead atoms. The number of rotatable bonds is 5. The van der Waals surface area contributed by atoms with Crippen molar-refractivity contribution in [2.24, 2.45) is 0 Å². The van der Waals surface area contributed by atoms with Gasteiger partial charge in [0.2, 0.25) is 5.91 Å². The second kappa shape index (κ2) is 10.5. The van der Waals surface area contributed by atoms with Crippen molar-refractivity contribution in [3.63, 3.8) is 0 Å². The molecule has 4 fully saturated rings. The minimum absolute atomic E-state index is 0.118. The van der Waals surface area contributed by atoms with Crippen LogP contribution in [0.15, 0.2) is 30.6 Å². The number of carbonyl (C=O) groups excluding carboxylic acids is 1. The van der Waals surface area contributed by atoms with Gasteiger partial charge in [-0.2, -0.15) is 0 Å². The van der Waals surface area contributed by atoms with E-state index >= 15 is 0 Å². The highest BCUT2D eigenvalue weighted by molar-refractivity contribution is 6.34. The number of nitrogens with zero attached hydrogens (tertiary/aromatic N) is 6. The molecule has 0 radical (unpaired) electrons. The van der Waals surface area contributed by atoms with Gasteiger partial charge in [0.05, 0.1) is 42.2 Å². The fraction of sp³-hybridized carbons (Fsp3) is 0.618. The van der Waals surface area contributed by atoms with Crippen LogP contribution >= 0.6 is 11.6 Å². The summed E-state index contributed by atoms with van der Waals surface area (Å²) in [6.07, 6.45) is 6.75. The SMILES string of the molecule is CC(C)n1cnc2cc(-c3ccc4c(c3)N([C@H]3C[C@@H](N5CCCC(C)(F)C5)C3)C(=O)C43CCN(C4COC4)CC3)nc(Cl)c21. The van der Waals surface area contributed by atoms with Crippen molar-refractivity contribution in [1.29, 1.82) is 0 Å². The van der Waals surface area contributed by atoms with Crippen molar-refractivity contribution in [3.05, 3.63) is 41.3 Å². The number of alkyl halides is 1. The van der Waals surface area contributed by atoms with Gasteiger partial charge in [-0.05, 0) is 96.6 Å². The summed E-state index contributed by atoms with van der Waals surface area (Å²) in [5.74, 6) is 0.240. The van der Waals surface area contributed by atoms with Gasteiger partial charge < -0.3 is 14.2 Å². The summed E-state index contributed by atoms with van der Waals surface area (Å²) >= 11 is 6.75. The highest BCUT2D eigenvalue weighted by Crippen LogP contribution is 2.52. The van der Waals surface area contributed by atoms with Crippen LogP contribution in [0.25, 0.3) is 22.3 Å². The number of piperidine rings is 2. The molecule has 3 aromatic rings. The number of likely N-dealkylation sites (tertiary alicyclic amines) is 2. The van der Waals surface area contributed by atoms with Crippen LogP contribution in [-0.2, 0) is 14.9 Å². The smallest absolute Gasteiger partial charge is 0.238 e. The molecule has 1 unspecified atom stereocenters. The van der Waals surface area contributed by atoms with Gasteiger partial charge in [0.15, 0.2) is 5.15 Å². The maximum Gasteiger partial charge on any atom is 0.238 e. The molecule has 1 saturated carbocycles. The quantitative estimate of drug-likeness (QED) is 0.338. The molecule has 0 N–H and O–H groups in total. The third kappa shape index (κ3) is 4.52. The molecular formula is C34H42ClFN6O2. The molecular weight excluding hydrogens is 579 g/mol. The van der Waals surface area contributed by atoms with Crippen molar-refractivity contribution in [2.75, 3.05) is 44.3 Å². The number of hydrogen-bond donors (Lipinski definition) is 0. The predicted molar refractivity (Wildman–Crippen MR) is 170 cm³/mol. The average Bonchev–Trinajstić information content (AvgIpc) is 3.47. The van der Waals surface area contributed by atoms with Crippen molar-refractivity contribution in [2.45, 2.75) is 94.5 Å². The number of amides is 1. The second-order valence-corrected chi connectivity index (χ2v) is 14.8. The van der Waals surface area contributed by atoms with Crippen LogP contribution in [0.2, 0.25) is 5.15 Å². The topological polar surface area (TPSA) is 66.7 Å². The number of anilines is 1. The van der Waals surface area contributed by atoms with Gasteiger partial charge in [0.25, 0.3) is 0 Å². The van der Waals surface area contributed by atoms with Gasteiger partial charge in [-0.15, -0.1) is 0 Å². The molecule has 1 amide bonds. The van der Waals surface area contributed by atoms with Crippen LogP contribution in [0.5, 0.6) is 0 Å². The van der Waals surface area contributed by atoms with E-state index in [1.54, 1.807) is 6.92 Å². The van der Waals surface area contributed by atoms with E-state index in [1.165, 1.54) is 0 Å². The normalized spacial score (nSPS) is 29.4. The first kappa shape index (κ1) is 28.9. The van der Waals surface area contributed by atoms with Crippen LogP contribution < -0.4 is 4.90 Å². The van der Waals surface area contributed by atoms with Crippen molar-refractivity contribution < 1.29 is 13.9 Å². The number of imidazole rings is 1. The summed E-state index contributed by atoms with van der Waals surface area (Å²) in [7, 11) is 0. The Labute approximate surface area is 263 Å². The van der Waals surface area contributed by atoms with E-state index in [-0.39, 0.29) is 18.0 Å². The largest absolute Gasteiger partial charge is 0.378 e. The molecule has 8 nitrogen and oxygen atoms in total. The minimum Gasteiger partial charge on any atom is -0.378 e. The molecule has 44 heavy (non-hydrogen) atoms. The second-order valence-electron chi connectivity index (χ2n) is 14.4. The van der Waals surface area contributed by atoms with E-state index in [4.69, 9.17) is 21.3 Å². The van der Waals surface area contributed by atoms with Crippen LogP contribution in [0.3, 0.4) is 0 Å². The molecule has 4 aliphatic heterocycles. The van der Waals surface area contributed by atoms with Gasteiger partial charge in [-0.25, -0.2) is 14.4 Å². The van der Waals surface area contributed by atoms with E-state index in [9.17, 15) is 9.18 Å². The van der Waals surface area contributed by atoms with Gasteiger partial charge in [-0.1, -0.05) is 23.7 Å². The molecule has 234 valence electrons. The van der Waals surface area contributed by atoms with Gasteiger partial charge in [0, 0.05) is 35.9 Å². The zero-order chi connectivity index (χ0) is 30.4. The Morgan fingerprint density at radius 2 is 1.80 bits per heavy atom. The third-order valence-electron chi connectivity index (χ3n) is 11.2. The molecule has 1 aliphatic carbocycles. The molecule has 5 aliphatic rings. The fourth-order valence-electron chi connectivity index (χ4n) is 8.47. The summed E-state index contributed by atoms with van der Waals surface area (Å²) in [4.78, 5) is 31.0. The maximum atomic E-state index is 14.9. The number of ether oxygens (including phenoxy) is 1. The number of benzene rings is 1. The molecule has 10 heteroatoms. The Kier molecular flexibility index (Phi) is 6.87. The maximum absolute atomic E-state index is 14.9. The number of hydrogen-bond acceptors (Lipinski definition) is 6. The van der Waals surface area contributed by atoms with Gasteiger partial charge in [-0.3, -0.25) is 14.6 Å². The molecule has 6 heterocycles. The van der Waals surface area contributed by atoms with Crippen molar-refractivity contribution in [3.8, 4) is 11.3 Å². The Hall–Kier alpha value is -2.59. The average molecular weight is 621 g/mol. The standard InChI is InChI=1S/C34H42ClFN6O2/c1-21(2)41-20-37-28-16-27(38-31(35)30(28)41)22-5-6-26-29(13-22)42(24-14-23(15-24)40-10-4-7-33(3,36)19-40)32(43)34(26)8-11-39(12-9-34)25-17-44-18-25/h5-6,13,16,20-21,23-25H,4,7-12,14-15,17-19H2,1-3H3/t23-,24+,33?. The molecule has 2 aromatic heterocycles. The third-order valence-corrected chi connectivity index (χ3v) is 11.5. The van der Waals surface area contributed by atoms with Crippen LogP contribution in [0.1, 0.15) is 70.9 Å². The highest BCUT2D eigenvalue weighted by Gasteiger charge is 2.56. The Morgan fingerprint density at radius 3 is 2.48 bits per heavy atom. The van der Waals surface area contributed by atoms with E-state index in [2.05, 4.69) is 51.7 Å². The lowest BCUT2D eigenvalue weighted by molar-refractivity contribution is -0.128. The van der Waals surface area contributed by atoms with Crippen LogP contribution in [-0.4, -0.2) is 93.4 Å². The monoisotopic (exact) mass is 620 g/mol. The lowest BCUT2D eigenvalue weighted by Gasteiger charge is -2.50. The molecule has 1 spiro atoms. The zero-order valence-corrected chi connectivity index (χ0v) is 26.7. The number of aromatic nitrogens is 3. The Balaban J connectivity index is 1.13. The lowest BCUT2D eigenvalue weighted by Crippen LogP contribution is -2.60. The number of pyridine rings is 1. The number of halogens is 2. The van der Waals surface area contributed by atoms with Crippen LogP contribution in [0, 0.1) is 0 Å². The minimum atomic E-state index is -1.13. The first-order valence-corrected chi connectivity index (χ1v) is 16.8. The first-order valence-electron chi connectivity index (χ1n) is 16.4. The molecule has 3 saturated heterocycles. The first-order chi connectivity index (χ1) is 21.1. The summed E-state index contributed by atoms with van der Waals surface area (Å²) in [6, 6.07) is 9.58. The number of fused-ring (bicyclic) bond motifs is 3. The molecule has 1 aromatic carbocycles. The lowest BCUT2D eigenvalue weighted by atomic mass is 9.73. The van der Waals surface area contributed by atoms with Crippen molar-refractivity contribution in [1.82, 2.24) is 24.3 Å². The van der Waals surface area contributed by atoms with Gasteiger partial charge in [0.1, 0.15) is 11.2 Å². The fourth-order valence-corrected chi connectivity index (χ4v) is 8.75. The van der Waals surface area contributed by atoms with Crippen molar-refractivity contribution >= 4 is 34.2 Å². The van der Waals surface area contributed by atoms with Crippen LogP contribution in [0.4, 0.5) is 10.1 Å².